The van der Waals surface area contributed by atoms with Crippen LogP contribution in [0.2, 0.25) is 5.02 Å². The molecule has 1 saturated heterocycles. The summed E-state index contributed by atoms with van der Waals surface area (Å²) in [6, 6.07) is 3.71. The van der Waals surface area contributed by atoms with Crippen molar-refractivity contribution >= 4 is 46.0 Å². The molecule has 12 nitrogen and oxygen atoms in total. The molecule has 2 aliphatic rings. The van der Waals surface area contributed by atoms with Gasteiger partial charge in [-0.05, 0) is 38.1 Å². The van der Waals surface area contributed by atoms with E-state index in [1.54, 1.807) is 0 Å². The summed E-state index contributed by atoms with van der Waals surface area (Å²) < 4.78 is 32.4. The monoisotopic (exact) mass is 626 g/mol. The second-order valence-electron chi connectivity index (χ2n) is 11.2. The summed E-state index contributed by atoms with van der Waals surface area (Å²) in [7, 11) is 2.00. The Morgan fingerprint density at radius 2 is 1.95 bits per heavy atom. The van der Waals surface area contributed by atoms with Gasteiger partial charge in [-0.3, -0.25) is 19.0 Å². The van der Waals surface area contributed by atoms with Crippen molar-refractivity contribution in [1.82, 2.24) is 24.0 Å². The SMILES string of the molecule is C[C@H]1CN(C)CCN1c1cc(NC(=O)Cn2cc(-c3cc(F)c(O)c(C(N)=O)c3)c3c(=O)n4c(nc32)CCC4)c(Cl)c(F)n1. The van der Waals surface area contributed by atoms with Crippen LogP contribution in [0, 0.1) is 11.8 Å². The molecule has 1 fully saturated rings. The highest BCUT2D eigenvalue weighted by molar-refractivity contribution is 6.33. The van der Waals surface area contributed by atoms with Gasteiger partial charge < -0.3 is 30.5 Å². The molecule has 5 heterocycles. The number of pyridine rings is 1. The minimum absolute atomic E-state index is 0.0302. The quantitative estimate of drug-likeness (QED) is 0.276. The smallest absolute Gasteiger partial charge is 0.263 e. The highest BCUT2D eigenvalue weighted by atomic mass is 35.5. The molecule has 2 amide bonds. The number of aromatic hydroxyl groups is 1. The number of hydrogen-bond acceptors (Lipinski definition) is 8. The molecule has 3 aromatic heterocycles. The van der Waals surface area contributed by atoms with E-state index in [0.29, 0.717) is 37.6 Å². The minimum atomic E-state index is -1.11. The molecule has 15 heteroatoms. The Kier molecular flexibility index (Phi) is 7.49. The van der Waals surface area contributed by atoms with Crippen molar-refractivity contribution in [2.75, 3.05) is 36.9 Å². The van der Waals surface area contributed by atoms with E-state index in [2.05, 4.69) is 20.2 Å². The first-order valence-electron chi connectivity index (χ1n) is 14.0. The lowest BCUT2D eigenvalue weighted by Crippen LogP contribution is -2.50. The molecule has 0 unspecified atom stereocenters. The van der Waals surface area contributed by atoms with E-state index in [1.807, 2.05) is 18.9 Å². The Labute approximate surface area is 254 Å². The van der Waals surface area contributed by atoms with Crippen LogP contribution in [0.25, 0.3) is 22.2 Å². The summed E-state index contributed by atoms with van der Waals surface area (Å²) in [6.45, 7) is 4.19. The standard InChI is InChI=1S/C29H29ClF2N8O4/c1-14-11-37(2)6-7-39(14)21-10-19(24(30)26(32)35-21)34-22(41)13-38-12-17(15-8-16(27(33)43)25(42)18(31)9-15)23-28(38)36-20-4-3-5-40(20)29(23)44/h8-10,12,14,42H,3-7,11,13H2,1-2H3,(H2,33,43)(H,34,35,41)/t14-/m0/s1. The molecule has 0 bridgehead atoms. The van der Waals surface area contributed by atoms with Crippen LogP contribution < -0.4 is 21.5 Å². The Morgan fingerprint density at radius 1 is 1.18 bits per heavy atom. The van der Waals surface area contributed by atoms with Gasteiger partial charge in [-0.2, -0.15) is 4.39 Å². The van der Waals surface area contributed by atoms with Crippen LogP contribution in [-0.4, -0.2) is 73.6 Å². The average molecular weight is 627 g/mol. The number of primary amides is 1. The van der Waals surface area contributed by atoms with Gasteiger partial charge in [0.05, 0.1) is 16.6 Å². The molecule has 0 aliphatic carbocycles. The number of amides is 2. The third kappa shape index (κ3) is 5.13. The number of nitrogens with one attached hydrogen (secondary N) is 1. The van der Waals surface area contributed by atoms with Gasteiger partial charge in [0.1, 0.15) is 28.9 Å². The molecule has 4 aromatic rings. The van der Waals surface area contributed by atoms with Crippen molar-refractivity contribution in [1.29, 1.82) is 0 Å². The number of nitrogens with two attached hydrogens (primary N) is 1. The predicted octanol–water partition coefficient (Wildman–Crippen LogP) is 2.72. The van der Waals surface area contributed by atoms with Crippen LogP contribution in [0.4, 0.5) is 20.3 Å². The molecule has 6 rings (SSSR count). The molecule has 2 aliphatic heterocycles. The third-order valence-corrected chi connectivity index (χ3v) is 8.45. The third-order valence-electron chi connectivity index (χ3n) is 8.09. The lowest BCUT2D eigenvalue weighted by molar-refractivity contribution is -0.116. The van der Waals surface area contributed by atoms with E-state index in [9.17, 15) is 28.3 Å². The van der Waals surface area contributed by atoms with E-state index in [1.165, 1.54) is 27.5 Å². The maximum absolute atomic E-state index is 14.8. The summed E-state index contributed by atoms with van der Waals surface area (Å²) in [4.78, 5) is 51.6. The number of halogens is 3. The number of fused-ring (bicyclic) bond motifs is 2. The van der Waals surface area contributed by atoms with Crippen molar-refractivity contribution in [3.05, 3.63) is 62.9 Å². The molecular weight excluding hydrogens is 598 g/mol. The van der Waals surface area contributed by atoms with E-state index < -0.39 is 40.5 Å². The zero-order chi connectivity index (χ0) is 31.4. The molecule has 1 aromatic carbocycles. The largest absolute Gasteiger partial charge is 0.504 e. The zero-order valence-corrected chi connectivity index (χ0v) is 24.7. The van der Waals surface area contributed by atoms with E-state index >= 15 is 0 Å². The second-order valence-corrected chi connectivity index (χ2v) is 11.5. The van der Waals surface area contributed by atoms with Crippen LogP contribution in [0.1, 0.15) is 29.5 Å². The molecule has 4 N–H and O–H groups in total. The number of benzene rings is 1. The maximum Gasteiger partial charge on any atom is 0.263 e. The second kappa shape index (κ2) is 11.2. The minimum Gasteiger partial charge on any atom is -0.504 e. The summed E-state index contributed by atoms with van der Waals surface area (Å²) in [5.74, 6) is -3.74. The molecule has 1 atom stereocenters. The van der Waals surface area contributed by atoms with Crippen molar-refractivity contribution in [2.24, 2.45) is 5.73 Å². The zero-order valence-electron chi connectivity index (χ0n) is 23.9. The average Bonchev–Trinajstić information content (AvgIpc) is 3.58. The number of nitrogens with zero attached hydrogens (tertiary/aromatic N) is 6. The number of anilines is 2. The van der Waals surface area contributed by atoms with Crippen LogP contribution in [0.15, 0.2) is 29.2 Å². The van der Waals surface area contributed by atoms with Gasteiger partial charge in [0.2, 0.25) is 11.9 Å². The van der Waals surface area contributed by atoms with E-state index in [4.69, 9.17) is 17.3 Å². The normalized spacial score (nSPS) is 16.8. The maximum atomic E-state index is 14.8. The highest BCUT2D eigenvalue weighted by Gasteiger charge is 2.27. The Hall–Kier alpha value is -4.56. The Balaban J connectivity index is 1.38. The number of likely N-dealkylation sites (N-methyl/N-ethyl adjacent to an activating group) is 1. The van der Waals surface area contributed by atoms with Gasteiger partial charge in [-0.25, -0.2) is 14.4 Å². The first kappa shape index (κ1) is 29.5. The van der Waals surface area contributed by atoms with Gasteiger partial charge >= 0.3 is 0 Å². The predicted molar refractivity (Wildman–Crippen MR) is 160 cm³/mol. The first-order valence-corrected chi connectivity index (χ1v) is 14.4. The summed E-state index contributed by atoms with van der Waals surface area (Å²) in [5, 5.41) is 12.4. The summed E-state index contributed by atoms with van der Waals surface area (Å²) >= 11 is 6.21. The molecule has 0 radical (unpaired) electrons. The van der Waals surface area contributed by atoms with Crippen molar-refractivity contribution in [3.63, 3.8) is 0 Å². The van der Waals surface area contributed by atoms with Crippen molar-refractivity contribution in [2.45, 2.75) is 38.9 Å². The van der Waals surface area contributed by atoms with Gasteiger partial charge in [-0.1, -0.05) is 11.6 Å². The van der Waals surface area contributed by atoms with Crippen LogP contribution >= 0.6 is 11.6 Å². The lowest BCUT2D eigenvalue weighted by Gasteiger charge is -2.39. The molecule has 44 heavy (non-hydrogen) atoms. The molecular formula is C29H29ClF2N8O4. The molecule has 230 valence electrons. The topological polar surface area (TPSA) is 152 Å². The number of aromatic nitrogens is 4. The summed E-state index contributed by atoms with van der Waals surface area (Å²) in [5.41, 5.74) is 4.95. The number of aryl methyl sites for hydroxylation is 1. The lowest BCUT2D eigenvalue weighted by atomic mass is 10.0. The fourth-order valence-electron chi connectivity index (χ4n) is 5.96. The number of carbonyl (C=O) groups is 2. The van der Waals surface area contributed by atoms with Crippen LogP contribution in [0.3, 0.4) is 0 Å². The van der Waals surface area contributed by atoms with Crippen LogP contribution in [-0.2, 0) is 24.3 Å². The van der Waals surface area contributed by atoms with Gasteiger partial charge in [-0.15, -0.1) is 0 Å². The molecule has 0 saturated carbocycles. The Bertz CT molecular complexity index is 1910. The number of carbonyl (C=O) groups excluding carboxylic acids is 2. The number of hydrogen-bond donors (Lipinski definition) is 3. The highest BCUT2D eigenvalue weighted by Crippen LogP contribution is 2.34. The van der Waals surface area contributed by atoms with E-state index in [-0.39, 0.29) is 45.5 Å². The van der Waals surface area contributed by atoms with Gasteiger partial charge in [0, 0.05) is 56.5 Å². The van der Waals surface area contributed by atoms with Crippen molar-refractivity contribution in [3.8, 4) is 16.9 Å². The first-order chi connectivity index (χ1) is 20.9. The van der Waals surface area contributed by atoms with Gasteiger partial charge in [0.25, 0.3) is 11.5 Å². The summed E-state index contributed by atoms with van der Waals surface area (Å²) in [6.07, 6.45) is 2.69. The molecule has 0 spiro atoms. The van der Waals surface area contributed by atoms with Gasteiger partial charge in [0.15, 0.2) is 11.6 Å². The Morgan fingerprint density at radius 3 is 2.68 bits per heavy atom. The van der Waals surface area contributed by atoms with Crippen LogP contribution in [0.5, 0.6) is 5.75 Å². The fourth-order valence-corrected chi connectivity index (χ4v) is 6.10. The number of rotatable bonds is 6. The van der Waals surface area contributed by atoms with E-state index in [0.717, 1.165) is 19.2 Å². The fraction of sp³-hybridized carbons (Fsp3) is 0.345. The number of piperazine rings is 1. The number of phenols is 1. The van der Waals surface area contributed by atoms with Crippen molar-refractivity contribution < 1.29 is 23.5 Å².